The third kappa shape index (κ3) is 3.39. The fraction of sp³-hybridized carbons (Fsp3) is 0.188. The first-order chi connectivity index (χ1) is 11.0. The number of hydrogen-bond acceptors (Lipinski definition) is 5. The molecule has 0 radical (unpaired) electrons. The lowest BCUT2D eigenvalue weighted by atomic mass is 10.1. The Morgan fingerprint density at radius 3 is 2.52 bits per heavy atom. The third-order valence-electron chi connectivity index (χ3n) is 3.30. The Labute approximate surface area is 133 Å². The van der Waals surface area contributed by atoms with Crippen molar-refractivity contribution in [2.75, 3.05) is 19.5 Å². The van der Waals surface area contributed by atoms with Gasteiger partial charge in [-0.15, -0.1) is 0 Å². The van der Waals surface area contributed by atoms with E-state index in [0.717, 1.165) is 5.56 Å². The van der Waals surface area contributed by atoms with E-state index in [-0.39, 0.29) is 11.4 Å². The molecule has 2 aromatic rings. The van der Waals surface area contributed by atoms with E-state index >= 15 is 0 Å². The van der Waals surface area contributed by atoms with E-state index in [1.807, 2.05) is 13.0 Å². The van der Waals surface area contributed by atoms with E-state index in [9.17, 15) is 14.9 Å². The first-order valence-corrected chi connectivity index (χ1v) is 6.75. The van der Waals surface area contributed by atoms with Gasteiger partial charge in [-0.25, -0.2) is 0 Å². The summed E-state index contributed by atoms with van der Waals surface area (Å²) in [5.41, 5.74) is 1.42. The van der Waals surface area contributed by atoms with Gasteiger partial charge < -0.3 is 14.8 Å². The topological polar surface area (TPSA) is 90.7 Å². The fourth-order valence-corrected chi connectivity index (χ4v) is 2.19. The second kappa shape index (κ2) is 6.78. The van der Waals surface area contributed by atoms with Crippen molar-refractivity contribution in [1.82, 2.24) is 0 Å². The fourth-order valence-electron chi connectivity index (χ4n) is 2.19. The molecule has 0 aliphatic heterocycles. The van der Waals surface area contributed by atoms with Crippen LogP contribution in [0.3, 0.4) is 0 Å². The lowest BCUT2D eigenvalue weighted by molar-refractivity contribution is -0.384. The minimum absolute atomic E-state index is 0.118. The van der Waals surface area contributed by atoms with Crippen LogP contribution in [0.2, 0.25) is 0 Å². The Bertz CT molecular complexity index is 758. The Morgan fingerprint density at radius 2 is 1.91 bits per heavy atom. The van der Waals surface area contributed by atoms with Crippen LogP contribution >= 0.6 is 0 Å². The zero-order valence-corrected chi connectivity index (χ0v) is 13.0. The van der Waals surface area contributed by atoms with E-state index in [2.05, 4.69) is 5.32 Å². The quantitative estimate of drug-likeness (QED) is 0.676. The van der Waals surface area contributed by atoms with Gasteiger partial charge in [0.25, 0.3) is 11.6 Å². The summed E-state index contributed by atoms with van der Waals surface area (Å²) in [5.74, 6) is 0.294. The van der Waals surface area contributed by atoms with Crippen LogP contribution in [0.25, 0.3) is 0 Å². The van der Waals surface area contributed by atoms with E-state index < -0.39 is 10.8 Å². The Balaban J connectivity index is 2.34. The molecule has 23 heavy (non-hydrogen) atoms. The van der Waals surface area contributed by atoms with Crippen LogP contribution in [0.4, 0.5) is 11.4 Å². The molecule has 0 atom stereocenters. The monoisotopic (exact) mass is 316 g/mol. The number of ether oxygens (including phenoxy) is 2. The molecular weight excluding hydrogens is 300 g/mol. The van der Waals surface area contributed by atoms with E-state index in [4.69, 9.17) is 9.47 Å². The number of carbonyl (C=O) groups is 1. The second-order valence-corrected chi connectivity index (χ2v) is 4.75. The van der Waals surface area contributed by atoms with Crippen LogP contribution in [0.15, 0.2) is 36.4 Å². The molecule has 0 saturated heterocycles. The number of nitro groups is 1. The molecule has 2 aromatic carbocycles. The second-order valence-electron chi connectivity index (χ2n) is 4.75. The van der Waals surface area contributed by atoms with Crippen LogP contribution in [0, 0.1) is 17.0 Å². The largest absolute Gasteiger partial charge is 0.496 e. The molecule has 2 rings (SSSR count). The van der Waals surface area contributed by atoms with E-state index in [0.29, 0.717) is 17.0 Å². The number of rotatable bonds is 5. The van der Waals surface area contributed by atoms with Crippen molar-refractivity contribution in [3.8, 4) is 11.5 Å². The normalized spacial score (nSPS) is 10.0. The Morgan fingerprint density at radius 1 is 1.17 bits per heavy atom. The average molecular weight is 316 g/mol. The molecule has 1 amide bonds. The number of nitrogens with zero attached hydrogens (tertiary/aromatic N) is 1. The molecule has 120 valence electrons. The highest BCUT2D eigenvalue weighted by atomic mass is 16.6. The van der Waals surface area contributed by atoms with Crippen LogP contribution < -0.4 is 14.8 Å². The van der Waals surface area contributed by atoms with Crippen LogP contribution in [0.5, 0.6) is 11.5 Å². The summed E-state index contributed by atoms with van der Waals surface area (Å²) in [5, 5.41) is 13.5. The molecule has 0 saturated carbocycles. The number of benzene rings is 2. The molecule has 0 heterocycles. The number of carbonyl (C=O) groups excluding carboxylic acids is 1. The summed E-state index contributed by atoms with van der Waals surface area (Å²) in [7, 11) is 2.87. The molecule has 0 fully saturated rings. The summed E-state index contributed by atoms with van der Waals surface area (Å²) in [4.78, 5) is 22.7. The molecule has 0 bridgehead atoms. The van der Waals surface area contributed by atoms with Crippen molar-refractivity contribution in [2.45, 2.75) is 6.92 Å². The molecule has 1 N–H and O–H groups in total. The van der Waals surface area contributed by atoms with Crippen molar-refractivity contribution in [3.63, 3.8) is 0 Å². The molecule has 7 nitrogen and oxygen atoms in total. The maximum absolute atomic E-state index is 12.5. The Hall–Kier alpha value is -3.09. The lowest BCUT2D eigenvalue weighted by Crippen LogP contribution is -2.14. The highest BCUT2D eigenvalue weighted by Gasteiger charge is 2.17. The minimum atomic E-state index is -0.530. The smallest absolute Gasteiger partial charge is 0.273 e. The summed E-state index contributed by atoms with van der Waals surface area (Å²) >= 11 is 0. The summed E-state index contributed by atoms with van der Waals surface area (Å²) in [6, 6.07) is 9.20. The number of nitrogens with one attached hydrogen (secondary N) is 1. The van der Waals surface area contributed by atoms with Gasteiger partial charge in [-0.2, -0.15) is 0 Å². The van der Waals surface area contributed by atoms with Crippen LogP contribution in [-0.4, -0.2) is 25.1 Å². The number of para-hydroxylation sites is 1. The van der Waals surface area contributed by atoms with Crippen molar-refractivity contribution < 1.29 is 19.2 Å². The number of aryl methyl sites for hydroxylation is 1. The van der Waals surface area contributed by atoms with Gasteiger partial charge in [0, 0.05) is 6.07 Å². The molecular formula is C16H16N2O5. The van der Waals surface area contributed by atoms with Gasteiger partial charge in [0.15, 0.2) is 0 Å². The number of non-ortho nitro benzene ring substituents is 1. The van der Waals surface area contributed by atoms with Gasteiger partial charge in [0.05, 0.1) is 36.5 Å². The van der Waals surface area contributed by atoms with E-state index in [1.54, 1.807) is 12.1 Å². The summed E-state index contributed by atoms with van der Waals surface area (Å²) < 4.78 is 10.4. The van der Waals surface area contributed by atoms with Gasteiger partial charge in [-0.05, 0) is 24.6 Å². The molecule has 7 heteroatoms. The molecule has 0 spiro atoms. The number of nitro benzene ring substituents is 1. The first-order valence-electron chi connectivity index (χ1n) is 6.75. The zero-order chi connectivity index (χ0) is 17.0. The van der Waals surface area contributed by atoms with Gasteiger partial charge in [0.2, 0.25) is 0 Å². The highest BCUT2D eigenvalue weighted by Crippen LogP contribution is 2.30. The van der Waals surface area contributed by atoms with E-state index in [1.165, 1.54) is 32.4 Å². The number of anilines is 1. The van der Waals surface area contributed by atoms with Crippen LogP contribution in [-0.2, 0) is 0 Å². The number of amides is 1. The average Bonchev–Trinajstić information content (AvgIpc) is 2.54. The van der Waals surface area contributed by atoms with Crippen molar-refractivity contribution in [1.29, 1.82) is 0 Å². The highest BCUT2D eigenvalue weighted by molar-refractivity contribution is 6.07. The molecule has 0 aliphatic rings. The SMILES string of the molecule is COc1cc([N+](=O)[O-])ccc1NC(=O)c1cccc(C)c1OC. The maximum atomic E-state index is 12.5. The minimum Gasteiger partial charge on any atom is -0.496 e. The standard InChI is InChI=1S/C16H16N2O5/c1-10-5-4-6-12(15(10)23-3)16(19)17-13-8-7-11(18(20)21)9-14(13)22-2/h4-9H,1-3H3,(H,17,19). The number of methoxy groups -OCH3 is 2. The van der Waals surface area contributed by atoms with Crippen LogP contribution in [0.1, 0.15) is 15.9 Å². The van der Waals surface area contributed by atoms with Crippen molar-refractivity contribution >= 4 is 17.3 Å². The van der Waals surface area contributed by atoms with Gasteiger partial charge in [-0.1, -0.05) is 12.1 Å². The lowest BCUT2D eigenvalue weighted by Gasteiger charge is -2.13. The van der Waals surface area contributed by atoms with Crippen molar-refractivity contribution in [3.05, 3.63) is 57.6 Å². The van der Waals surface area contributed by atoms with Gasteiger partial charge >= 0.3 is 0 Å². The first kappa shape index (κ1) is 16.3. The summed E-state index contributed by atoms with van der Waals surface area (Å²) in [6.45, 7) is 1.84. The third-order valence-corrected chi connectivity index (χ3v) is 3.30. The molecule has 0 aromatic heterocycles. The molecule has 0 aliphatic carbocycles. The molecule has 0 unspecified atom stereocenters. The van der Waals surface area contributed by atoms with Gasteiger partial charge in [0.1, 0.15) is 11.5 Å². The summed E-state index contributed by atoms with van der Waals surface area (Å²) in [6.07, 6.45) is 0. The zero-order valence-electron chi connectivity index (χ0n) is 13.0. The van der Waals surface area contributed by atoms with Gasteiger partial charge in [-0.3, -0.25) is 14.9 Å². The number of hydrogen-bond donors (Lipinski definition) is 1. The Kier molecular flexibility index (Phi) is 4.80. The predicted octanol–water partition coefficient (Wildman–Crippen LogP) is 3.17. The maximum Gasteiger partial charge on any atom is 0.273 e. The predicted molar refractivity (Wildman–Crippen MR) is 85.3 cm³/mol. The van der Waals surface area contributed by atoms with Crippen molar-refractivity contribution in [2.24, 2.45) is 0 Å².